The first-order chi connectivity index (χ1) is 9.29. The second-order valence-corrected chi connectivity index (χ2v) is 4.57. The molecule has 0 aliphatic heterocycles. The minimum atomic E-state index is 0.552. The highest BCUT2D eigenvalue weighted by Crippen LogP contribution is 2.22. The lowest BCUT2D eigenvalue weighted by Crippen LogP contribution is -1.97. The largest absolute Gasteiger partial charge is 0.461 e. The van der Waals surface area contributed by atoms with E-state index in [-0.39, 0.29) is 0 Å². The number of aromatic nitrogens is 3. The predicted molar refractivity (Wildman–Crippen MR) is 75.8 cm³/mol. The van der Waals surface area contributed by atoms with Crippen molar-refractivity contribution in [3.8, 4) is 17.3 Å². The predicted octanol–water partition coefficient (Wildman–Crippen LogP) is 3.75. The Morgan fingerprint density at radius 1 is 1.26 bits per heavy atom. The number of rotatable bonds is 3. The minimum Gasteiger partial charge on any atom is -0.461 e. The molecule has 19 heavy (non-hydrogen) atoms. The number of furan rings is 1. The molecule has 1 aromatic carbocycles. The fraction of sp³-hybridized carbons (Fsp3) is 0.143. The molecule has 0 amide bonds. The van der Waals surface area contributed by atoms with E-state index < -0.39 is 0 Å². The van der Waals surface area contributed by atoms with Gasteiger partial charge in [-0.25, -0.2) is 0 Å². The van der Waals surface area contributed by atoms with Gasteiger partial charge in [-0.05, 0) is 48.5 Å². The highest BCUT2D eigenvalue weighted by Gasteiger charge is 2.12. The fourth-order valence-corrected chi connectivity index (χ4v) is 2.23. The van der Waals surface area contributed by atoms with E-state index in [0.29, 0.717) is 16.4 Å². The summed E-state index contributed by atoms with van der Waals surface area (Å²) in [5.41, 5.74) is 2.26. The molecule has 0 atom stereocenters. The van der Waals surface area contributed by atoms with E-state index in [1.54, 1.807) is 6.26 Å². The van der Waals surface area contributed by atoms with Crippen molar-refractivity contribution in [3.63, 3.8) is 0 Å². The van der Waals surface area contributed by atoms with E-state index >= 15 is 0 Å². The Kier molecular flexibility index (Phi) is 3.05. The van der Waals surface area contributed by atoms with Gasteiger partial charge < -0.3 is 4.42 Å². The van der Waals surface area contributed by atoms with Crippen molar-refractivity contribution in [2.45, 2.75) is 13.3 Å². The Bertz CT molecular complexity index is 723. The zero-order valence-corrected chi connectivity index (χ0v) is 11.3. The summed E-state index contributed by atoms with van der Waals surface area (Å²) >= 11 is 5.29. The average Bonchev–Trinajstić information content (AvgIpc) is 3.08. The molecule has 1 N–H and O–H groups in total. The molecule has 3 rings (SSSR count). The van der Waals surface area contributed by atoms with Crippen LogP contribution in [0.3, 0.4) is 0 Å². The number of aromatic amines is 1. The third kappa shape index (κ3) is 2.13. The van der Waals surface area contributed by atoms with Crippen LogP contribution in [-0.2, 0) is 6.42 Å². The van der Waals surface area contributed by atoms with Crippen molar-refractivity contribution in [1.29, 1.82) is 0 Å². The van der Waals surface area contributed by atoms with Crippen LogP contribution in [0.2, 0.25) is 0 Å². The Morgan fingerprint density at radius 3 is 2.68 bits per heavy atom. The maximum atomic E-state index is 5.39. The quantitative estimate of drug-likeness (QED) is 0.738. The van der Waals surface area contributed by atoms with Gasteiger partial charge in [0.05, 0.1) is 12.0 Å². The first-order valence-corrected chi connectivity index (χ1v) is 6.51. The number of hydrogen-bond acceptors (Lipinski definition) is 3. The second-order valence-electron chi connectivity index (χ2n) is 4.19. The first kappa shape index (κ1) is 11.9. The van der Waals surface area contributed by atoms with Crippen LogP contribution in [0.1, 0.15) is 12.5 Å². The number of aryl methyl sites for hydroxylation is 1. The van der Waals surface area contributed by atoms with Gasteiger partial charge in [-0.2, -0.15) is 5.10 Å². The van der Waals surface area contributed by atoms with Gasteiger partial charge in [0.2, 0.25) is 5.82 Å². The maximum Gasteiger partial charge on any atom is 0.202 e. The number of benzene rings is 1. The lowest BCUT2D eigenvalue weighted by molar-refractivity contribution is 0.575. The van der Waals surface area contributed by atoms with E-state index in [0.717, 1.165) is 12.1 Å². The monoisotopic (exact) mass is 271 g/mol. The SMILES string of the molecule is CCc1ccc(-n2c(-c3ccco3)n[nH]c2=S)cc1. The standard InChI is InChI=1S/C14H13N3OS/c1-2-10-5-7-11(8-6-10)17-13(15-16-14(17)19)12-4-3-9-18-12/h3-9H,2H2,1H3,(H,16,19). The molecule has 0 aliphatic rings. The summed E-state index contributed by atoms with van der Waals surface area (Å²) in [6.45, 7) is 2.13. The van der Waals surface area contributed by atoms with E-state index in [4.69, 9.17) is 16.6 Å². The number of nitrogens with zero attached hydrogens (tertiary/aromatic N) is 2. The number of H-pyrrole nitrogens is 1. The van der Waals surface area contributed by atoms with Crippen molar-refractivity contribution >= 4 is 12.2 Å². The Morgan fingerprint density at radius 2 is 2.05 bits per heavy atom. The molecule has 2 heterocycles. The van der Waals surface area contributed by atoms with Crippen LogP contribution in [0.5, 0.6) is 0 Å². The Labute approximate surface area is 115 Å². The van der Waals surface area contributed by atoms with E-state index in [1.165, 1.54) is 5.56 Å². The highest BCUT2D eigenvalue weighted by atomic mass is 32.1. The summed E-state index contributed by atoms with van der Waals surface area (Å²) in [5.74, 6) is 1.37. The third-order valence-corrected chi connectivity index (χ3v) is 3.29. The van der Waals surface area contributed by atoms with E-state index in [2.05, 4.69) is 29.3 Å². The van der Waals surface area contributed by atoms with Gasteiger partial charge in [0.1, 0.15) is 0 Å². The van der Waals surface area contributed by atoms with Crippen molar-refractivity contribution < 1.29 is 4.42 Å². The average molecular weight is 271 g/mol. The van der Waals surface area contributed by atoms with Crippen molar-refractivity contribution in [2.24, 2.45) is 0 Å². The molecule has 0 saturated heterocycles. The van der Waals surface area contributed by atoms with Crippen LogP contribution in [0.25, 0.3) is 17.3 Å². The van der Waals surface area contributed by atoms with Gasteiger partial charge in [0, 0.05) is 0 Å². The molecule has 96 valence electrons. The van der Waals surface area contributed by atoms with Gasteiger partial charge in [-0.3, -0.25) is 9.67 Å². The molecule has 5 heteroatoms. The van der Waals surface area contributed by atoms with Crippen LogP contribution in [0, 0.1) is 4.77 Å². The summed E-state index contributed by atoms with van der Waals surface area (Å²) < 4.78 is 7.81. The van der Waals surface area contributed by atoms with Gasteiger partial charge in [-0.15, -0.1) is 0 Å². The van der Waals surface area contributed by atoms with E-state index in [1.807, 2.05) is 28.8 Å². The molecule has 0 saturated carbocycles. The van der Waals surface area contributed by atoms with Gasteiger partial charge >= 0.3 is 0 Å². The van der Waals surface area contributed by atoms with Crippen LogP contribution in [0.4, 0.5) is 0 Å². The zero-order chi connectivity index (χ0) is 13.2. The number of nitrogens with one attached hydrogen (secondary N) is 1. The minimum absolute atomic E-state index is 0.552. The molecule has 3 aromatic rings. The molecular formula is C14H13N3OS. The molecule has 4 nitrogen and oxygen atoms in total. The van der Waals surface area contributed by atoms with E-state index in [9.17, 15) is 0 Å². The van der Waals surface area contributed by atoms with Crippen molar-refractivity contribution in [2.75, 3.05) is 0 Å². The molecule has 2 aromatic heterocycles. The Hall–Kier alpha value is -2.14. The number of hydrogen-bond donors (Lipinski definition) is 1. The van der Waals surface area contributed by atoms with Crippen LogP contribution < -0.4 is 0 Å². The molecule has 0 spiro atoms. The summed E-state index contributed by atoms with van der Waals surface area (Å²) in [5, 5.41) is 7.04. The first-order valence-electron chi connectivity index (χ1n) is 6.10. The summed E-state index contributed by atoms with van der Waals surface area (Å²) in [6, 6.07) is 12.0. The zero-order valence-electron chi connectivity index (χ0n) is 10.5. The van der Waals surface area contributed by atoms with Gasteiger partial charge in [-0.1, -0.05) is 19.1 Å². The molecule has 0 radical (unpaired) electrons. The maximum absolute atomic E-state index is 5.39. The lowest BCUT2D eigenvalue weighted by Gasteiger charge is -2.06. The van der Waals surface area contributed by atoms with Gasteiger partial charge in [0.15, 0.2) is 10.5 Å². The summed E-state index contributed by atoms with van der Waals surface area (Å²) in [6.07, 6.45) is 2.64. The van der Waals surface area contributed by atoms with Crippen LogP contribution in [0.15, 0.2) is 47.1 Å². The van der Waals surface area contributed by atoms with Crippen LogP contribution >= 0.6 is 12.2 Å². The molecule has 0 fully saturated rings. The topological polar surface area (TPSA) is 46.8 Å². The summed E-state index contributed by atoms with van der Waals surface area (Å²) in [4.78, 5) is 0. The molecule has 0 aliphatic carbocycles. The smallest absolute Gasteiger partial charge is 0.202 e. The van der Waals surface area contributed by atoms with Gasteiger partial charge in [0.25, 0.3) is 0 Å². The molecular weight excluding hydrogens is 258 g/mol. The van der Waals surface area contributed by atoms with Crippen molar-refractivity contribution in [1.82, 2.24) is 14.8 Å². The molecule has 0 unspecified atom stereocenters. The third-order valence-electron chi connectivity index (χ3n) is 3.02. The second kappa shape index (κ2) is 4.85. The lowest BCUT2D eigenvalue weighted by atomic mass is 10.1. The fourth-order valence-electron chi connectivity index (χ4n) is 1.99. The molecule has 0 bridgehead atoms. The normalized spacial score (nSPS) is 10.8. The van der Waals surface area contributed by atoms with Crippen molar-refractivity contribution in [3.05, 3.63) is 53.0 Å². The summed E-state index contributed by atoms with van der Waals surface area (Å²) in [7, 11) is 0. The van der Waals surface area contributed by atoms with Crippen LogP contribution in [-0.4, -0.2) is 14.8 Å². The highest BCUT2D eigenvalue weighted by molar-refractivity contribution is 7.71. The Balaban J connectivity index is 2.14.